The van der Waals surface area contributed by atoms with Gasteiger partial charge in [-0.15, -0.1) is 0 Å². The molecule has 2 aliphatic rings. The molecule has 10 rings (SSSR count). The molecule has 50 heavy (non-hydrogen) atoms. The van der Waals surface area contributed by atoms with E-state index in [1.165, 1.54) is 88.4 Å². The molecule has 2 nitrogen and oxygen atoms in total. The maximum atomic E-state index is 2.50. The van der Waals surface area contributed by atoms with Gasteiger partial charge in [-0.2, -0.15) is 0 Å². The first-order valence-corrected chi connectivity index (χ1v) is 17.8. The van der Waals surface area contributed by atoms with Crippen molar-refractivity contribution in [2.75, 3.05) is 0 Å². The topological polar surface area (TPSA) is 9.86 Å². The Morgan fingerprint density at radius 2 is 0.980 bits per heavy atom. The first-order chi connectivity index (χ1) is 24.8. The largest absolute Gasteiger partial charge is 0.313 e. The lowest BCUT2D eigenvalue weighted by Crippen LogP contribution is -2.03. The van der Waals surface area contributed by atoms with Crippen LogP contribution in [0.15, 0.2) is 181 Å². The normalized spacial score (nSPS) is 14.8. The first kappa shape index (κ1) is 28.9. The van der Waals surface area contributed by atoms with Crippen LogP contribution in [0.2, 0.25) is 0 Å². The average Bonchev–Trinajstić information content (AvgIpc) is 3.71. The van der Waals surface area contributed by atoms with Crippen molar-refractivity contribution in [3.05, 3.63) is 181 Å². The summed E-state index contributed by atoms with van der Waals surface area (Å²) in [4.78, 5) is 0. The Labute approximate surface area is 292 Å². The van der Waals surface area contributed by atoms with Crippen molar-refractivity contribution < 1.29 is 0 Å². The molecular formula is C48H36N2. The van der Waals surface area contributed by atoms with Crippen molar-refractivity contribution >= 4 is 49.3 Å². The van der Waals surface area contributed by atoms with Gasteiger partial charge in [0, 0.05) is 32.9 Å². The summed E-state index contributed by atoms with van der Waals surface area (Å²) in [6, 6.07) is 51.3. The number of para-hydroxylation sites is 2. The van der Waals surface area contributed by atoms with Crippen molar-refractivity contribution in [3.8, 4) is 27.9 Å². The smallest absolute Gasteiger partial charge is 0.0541 e. The van der Waals surface area contributed by atoms with Gasteiger partial charge < -0.3 is 9.13 Å². The summed E-state index contributed by atoms with van der Waals surface area (Å²) in [7, 11) is 0. The maximum absolute atomic E-state index is 2.50. The molecule has 0 amide bonds. The molecule has 0 spiro atoms. The summed E-state index contributed by atoms with van der Waals surface area (Å²) in [5.74, 6) is 0. The van der Waals surface area contributed by atoms with Crippen LogP contribution >= 0.6 is 0 Å². The minimum atomic E-state index is 1.04. The van der Waals surface area contributed by atoms with E-state index in [-0.39, 0.29) is 0 Å². The number of hydrogen-bond acceptors (Lipinski definition) is 0. The van der Waals surface area contributed by atoms with E-state index in [4.69, 9.17) is 0 Å². The lowest BCUT2D eigenvalue weighted by Gasteiger charge is -2.20. The fraction of sp³-hybridized carbons (Fsp3) is 0.0833. The number of benzene rings is 6. The first-order valence-electron chi connectivity index (χ1n) is 17.8. The molecule has 0 bridgehead atoms. The van der Waals surface area contributed by atoms with E-state index >= 15 is 0 Å². The molecule has 0 N–H and O–H groups in total. The lowest BCUT2D eigenvalue weighted by atomic mass is 9.90. The van der Waals surface area contributed by atoms with Crippen molar-refractivity contribution in [2.45, 2.75) is 25.7 Å². The zero-order chi connectivity index (χ0) is 33.0. The molecule has 8 aromatic rings. The van der Waals surface area contributed by atoms with Gasteiger partial charge in [0.1, 0.15) is 0 Å². The van der Waals surface area contributed by atoms with E-state index in [2.05, 4.69) is 179 Å². The molecular weight excluding hydrogens is 605 g/mol. The van der Waals surface area contributed by atoms with E-state index in [1.54, 1.807) is 0 Å². The van der Waals surface area contributed by atoms with Crippen LogP contribution in [-0.2, 0) is 0 Å². The second-order valence-electron chi connectivity index (χ2n) is 13.6. The summed E-state index contributed by atoms with van der Waals surface area (Å²) in [6.45, 7) is 0. The summed E-state index contributed by atoms with van der Waals surface area (Å²) in [5, 5.41) is 5.14. The molecule has 0 saturated heterocycles. The Balaban J connectivity index is 1.09. The Kier molecular flexibility index (Phi) is 6.80. The molecule has 0 radical (unpaired) electrons. The summed E-state index contributed by atoms with van der Waals surface area (Å²) in [5.41, 5.74) is 15.4. The monoisotopic (exact) mass is 640 g/mol. The third-order valence-electron chi connectivity index (χ3n) is 10.7. The molecule has 0 fully saturated rings. The third kappa shape index (κ3) is 4.71. The Bertz CT molecular complexity index is 2740. The van der Waals surface area contributed by atoms with Gasteiger partial charge in [-0.25, -0.2) is 0 Å². The average molecular weight is 641 g/mol. The van der Waals surface area contributed by atoms with Gasteiger partial charge in [0.25, 0.3) is 0 Å². The Hall–Kier alpha value is -6.12. The number of nitrogens with zero attached hydrogens (tertiary/aromatic N) is 2. The summed E-state index contributed by atoms with van der Waals surface area (Å²) >= 11 is 0. The van der Waals surface area contributed by atoms with E-state index in [1.807, 2.05) is 0 Å². The summed E-state index contributed by atoms with van der Waals surface area (Å²) in [6.07, 6.45) is 15.9. The van der Waals surface area contributed by atoms with Crippen LogP contribution in [0, 0.1) is 0 Å². The van der Waals surface area contributed by atoms with Gasteiger partial charge >= 0.3 is 0 Å². The van der Waals surface area contributed by atoms with E-state index in [9.17, 15) is 0 Å². The molecule has 0 atom stereocenters. The van der Waals surface area contributed by atoms with Crippen molar-refractivity contribution in [1.29, 1.82) is 0 Å². The highest BCUT2D eigenvalue weighted by Gasteiger charge is 2.19. The number of aromatic nitrogens is 2. The van der Waals surface area contributed by atoms with Crippen LogP contribution in [0.1, 0.15) is 25.7 Å². The molecule has 0 saturated carbocycles. The van der Waals surface area contributed by atoms with Crippen molar-refractivity contribution in [1.82, 2.24) is 9.13 Å². The number of rotatable bonds is 5. The highest BCUT2D eigenvalue weighted by atomic mass is 15.0. The van der Waals surface area contributed by atoms with Gasteiger partial charge in [0.15, 0.2) is 0 Å². The number of allylic oxidation sites excluding steroid dienone is 8. The zero-order valence-electron chi connectivity index (χ0n) is 27.9. The second kappa shape index (κ2) is 11.8. The van der Waals surface area contributed by atoms with Gasteiger partial charge in [-0.1, -0.05) is 115 Å². The van der Waals surface area contributed by atoms with Crippen LogP contribution < -0.4 is 0 Å². The molecule has 238 valence electrons. The van der Waals surface area contributed by atoms with Crippen molar-refractivity contribution in [2.24, 2.45) is 0 Å². The minimum Gasteiger partial charge on any atom is -0.313 e. The van der Waals surface area contributed by atoms with Crippen LogP contribution in [0.4, 0.5) is 0 Å². The maximum Gasteiger partial charge on any atom is 0.0541 e. The molecule has 2 aliphatic carbocycles. The molecule has 6 aromatic carbocycles. The fourth-order valence-electron chi connectivity index (χ4n) is 8.30. The molecule has 0 unspecified atom stereocenters. The van der Waals surface area contributed by atoms with Gasteiger partial charge in [-0.3, -0.25) is 0 Å². The van der Waals surface area contributed by atoms with Crippen LogP contribution in [0.3, 0.4) is 0 Å². The van der Waals surface area contributed by atoms with E-state index in [0.717, 1.165) is 25.7 Å². The van der Waals surface area contributed by atoms with Crippen LogP contribution in [0.25, 0.3) is 77.2 Å². The van der Waals surface area contributed by atoms with Crippen LogP contribution in [-0.4, -0.2) is 9.13 Å². The summed E-state index contributed by atoms with van der Waals surface area (Å²) < 4.78 is 4.91. The number of fused-ring (bicyclic) bond motifs is 6. The van der Waals surface area contributed by atoms with Gasteiger partial charge in [0.2, 0.25) is 0 Å². The predicted octanol–water partition coefficient (Wildman–Crippen LogP) is 13.1. The van der Waals surface area contributed by atoms with Gasteiger partial charge in [-0.05, 0) is 114 Å². The van der Waals surface area contributed by atoms with Crippen molar-refractivity contribution in [3.63, 3.8) is 0 Å². The zero-order valence-corrected chi connectivity index (χ0v) is 27.9. The fourth-order valence-corrected chi connectivity index (χ4v) is 8.30. The third-order valence-corrected chi connectivity index (χ3v) is 10.7. The quantitative estimate of drug-likeness (QED) is 0.177. The molecule has 2 heterocycles. The van der Waals surface area contributed by atoms with Crippen LogP contribution in [0.5, 0.6) is 0 Å². The second-order valence-corrected chi connectivity index (χ2v) is 13.6. The Morgan fingerprint density at radius 1 is 0.380 bits per heavy atom. The SMILES string of the molecule is C1=CCCC(C2=CC=C(n3c4ccccc4c4cc(-c5ccc6c(c5)c5ccccc5n6-c5cccc(-c6ccccc6)c5)ccc43)CC2)=C1. The standard InChI is InChI=1S/C48H36N2/c1-3-12-33(13-4-1)35-22-26-39(27-23-35)49-45-20-9-7-18-41(45)43-31-37(24-28-47(43)49)38-25-29-48-44(32-38)42-19-8-10-21-46(42)50(48)40-17-11-16-36(30-40)34-14-5-2-6-15-34/h1-3,5-12,14-22,24-26,28-32H,4,13,23,27H2. The highest BCUT2D eigenvalue weighted by molar-refractivity contribution is 6.13. The lowest BCUT2D eigenvalue weighted by molar-refractivity contribution is 0.885. The van der Waals surface area contributed by atoms with E-state index in [0.29, 0.717) is 0 Å². The number of hydrogen-bond donors (Lipinski definition) is 0. The highest BCUT2D eigenvalue weighted by Crippen LogP contribution is 2.40. The molecule has 2 heteroatoms. The minimum absolute atomic E-state index is 1.04. The van der Waals surface area contributed by atoms with Gasteiger partial charge in [0.05, 0.1) is 22.1 Å². The Morgan fingerprint density at radius 3 is 1.66 bits per heavy atom. The molecule has 0 aliphatic heterocycles. The predicted molar refractivity (Wildman–Crippen MR) is 213 cm³/mol. The molecule has 2 aromatic heterocycles. The van der Waals surface area contributed by atoms with E-state index < -0.39 is 0 Å².